The van der Waals surface area contributed by atoms with Gasteiger partial charge in [0.05, 0.1) is 29.4 Å². The van der Waals surface area contributed by atoms with Crippen LogP contribution < -0.4 is 5.73 Å². The number of fused-ring (bicyclic) bond motifs is 3. The van der Waals surface area contributed by atoms with E-state index in [4.69, 9.17) is 22.3 Å². The zero-order valence-corrected chi connectivity index (χ0v) is 19.8. The minimum Gasteiger partial charge on any atom is -0.334 e. The molecule has 4 aromatic heterocycles. The quantitative estimate of drug-likeness (QED) is 0.399. The Labute approximate surface area is 205 Å². The van der Waals surface area contributed by atoms with Gasteiger partial charge in [-0.1, -0.05) is 41.8 Å². The molecule has 6 rings (SSSR count). The van der Waals surface area contributed by atoms with Gasteiger partial charge in [0.25, 0.3) is 5.78 Å². The molecule has 0 saturated carbocycles. The average Bonchev–Trinajstić information content (AvgIpc) is 3.63. The van der Waals surface area contributed by atoms with E-state index >= 15 is 0 Å². The molecule has 174 valence electrons. The molecule has 0 aliphatic heterocycles. The van der Waals surface area contributed by atoms with Crippen molar-refractivity contribution in [3.63, 3.8) is 0 Å². The number of imidazole rings is 2. The van der Waals surface area contributed by atoms with Crippen LogP contribution in [0.2, 0.25) is 5.02 Å². The molecule has 0 bridgehead atoms. The molecule has 6 aromatic rings. The molecule has 35 heavy (non-hydrogen) atoms. The van der Waals surface area contributed by atoms with Crippen LogP contribution in [-0.2, 0) is 19.1 Å². The van der Waals surface area contributed by atoms with Crippen molar-refractivity contribution >= 4 is 28.3 Å². The lowest BCUT2D eigenvalue weighted by molar-refractivity contribution is 0.409. The summed E-state index contributed by atoms with van der Waals surface area (Å²) in [7, 11) is 1.93. The highest BCUT2D eigenvalue weighted by Gasteiger charge is 2.36. The fraction of sp³-hybridized carbons (Fsp3) is 0.167. The zero-order valence-electron chi connectivity index (χ0n) is 19.0. The Balaban J connectivity index is 1.69. The standard InChI is InChI=1S/C24H21ClN10/c1-3-21-28-9-10-34(21)24(26,20-13-27-14-33(20)2)16-7-8-19-18(12-16)22(15-5-4-6-17(25)11-15)29-23-30-31-32-35(19)23/h4-14H,3,26H2,1-2H3. The molecule has 1 atom stereocenters. The van der Waals surface area contributed by atoms with Gasteiger partial charge in [0.15, 0.2) is 5.66 Å². The Kier molecular flexibility index (Phi) is 4.87. The normalized spacial score (nSPS) is 13.5. The van der Waals surface area contributed by atoms with Crippen molar-refractivity contribution in [1.29, 1.82) is 0 Å². The van der Waals surface area contributed by atoms with Crippen molar-refractivity contribution in [2.75, 3.05) is 0 Å². The number of hydrogen-bond acceptors (Lipinski definition) is 7. The molecule has 0 amide bonds. The van der Waals surface area contributed by atoms with E-state index < -0.39 is 5.66 Å². The van der Waals surface area contributed by atoms with Gasteiger partial charge in [-0.05, 0) is 40.3 Å². The number of nitrogens with two attached hydrogens (primary N) is 1. The summed E-state index contributed by atoms with van der Waals surface area (Å²) >= 11 is 6.32. The molecule has 4 heterocycles. The Morgan fingerprint density at radius 2 is 2.03 bits per heavy atom. The maximum absolute atomic E-state index is 7.30. The first kappa shape index (κ1) is 21.4. The van der Waals surface area contributed by atoms with Crippen molar-refractivity contribution in [3.05, 3.63) is 89.5 Å². The summed E-state index contributed by atoms with van der Waals surface area (Å²) in [5, 5.41) is 13.5. The van der Waals surface area contributed by atoms with Crippen LogP contribution >= 0.6 is 11.6 Å². The van der Waals surface area contributed by atoms with E-state index in [1.807, 2.05) is 64.8 Å². The fourth-order valence-electron chi connectivity index (χ4n) is 4.62. The van der Waals surface area contributed by atoms with E-state index in [1.165, 1.54) is 0 Å². The second-order valence-electron chi connectivity index (χ2n) is 8.32. The van der Waals surface area contributed by atoms with Crippen LogP contribution in [0, 0.1) is 0 Å². The van der Waals surface area contributed by atoms with Crippen LogP contribution in [0.25, 0.3) is 27.9 Å². The zero-order chi connectivity index (χ0) is 24.2. The van der Waals surface area contributed by atoms with Crippen LogP contribution in [0.3, 0.4) is 0 Å². The molecule has 1 unspecified atom stereocenters. The van der Waals surface area contributed by atoms with Gasteiger partial charge in [-0.25, -0.2) is 15.0 Å². The minimum absolute atomic E-state index is 0.397. The summed E-state index contributed by atoms with van der Waals surface area (Å²) in [6.07, 6.45) is 7.91. The molecule has 0 saturated heterocycles. The monoisotopic (exact) mass is 484 g/mol. The molecular formula is C24H21ClN10. The first-order valence-electron chi connectivity index (χ1n) is 11.1. The van der Waals surface area contributed by atoms with Crippen LogP contribution in [0.4, 0.5) is 0 Å². The van der Waals surface area contributed by atoms with Crippen molar-refractivity contribution in [2.45, 2.75) is 19.0 Å². The highest BCUT2D eigenvalue weighted by molar-refractivity contribution is 6.30. The maximum atomic E-state index is 7.30. The van der Waals surface area contributed by atoms with Gasteiger partial charge in [-0.2, -0.15) is 4.52 Å². The van der Waals surface area contributed by atoms with E-state index in [0.717, 1.165) is 40.0 Å². The van der Waals surface area contributed by atoms with Crippen molar-refractivity contribution in [1.82, 2.24) is 44.1 Å². The molecular weight excluding hydrogens is 464 g/mol. The molecule has 0 radical (unpaired) electrons. The largest absolute Gasteiger partial charge is 0.334 e. The second kappa shape index (κ2) is 7.97. The molecule has 2 aromatic carbocycles. The summed E-state index contributed by atoms with van der Waals surface area (Å²) in [5.74, 6) is 1.26. The number of halogens is 1. The Morgan fingerprint density at radius 3 is 2.80 bits per heavy atom. The third-order valence-corrected chi connectivity index (χ3v) is 6.54. The third-order valence-electron chi connectivity index (χ3n) is 6.30. The molecule has 0 spiro atoms. The molecule has 10 nitrogen and oxygen atoms in total. The van der Waals surface area contributed by atoms with Gasteiger partial charge in [-0.3, -0.25) is 5.73 Å². The van der Waals surface area contributed by atoms with Gasteiger partial charge in [0.1, 0.15) is 5.82 Å². The summed E-state index contributed by atoms with van der Waals surface area (Å²) in [4.78, 5) is 13.6. The highest BCUT2D eigenvalue weighted by atomic mass is 35.5. The van der Waals surface area contributed by atoms with Crippen LogP contribution in [0.5, 0.6) is 0 Å². The first-order valence-corrected chi connectivity index (χ1v) is 11.4. The van der Waals surface area contributed by atoms with Crippen molar-refractivity contribution < 1.29 is 0 Å². The average molecular weight is 485 g/mol. The molecule has 11 heteroatoms. The lowest BCUT2D eigenvalue weighted by Gasteiger charge is -2.33. The number of tetrazole rings is 1. The highest BCUT2D eigenvalue weighted by Crippen LogP contribution is 2.35. The topological polar surface area (TPSA) is 118 Å². The van der Waals surface area contributed by atoms with Crippen LogP contribution in [0.15, 0.2) is 67.4 Å². The van der Waals surface area contributed by atoms with Gasteiger partial charge >= 0.3 is 0 Å². The molecule has 0 aliphatic rings. The Bertz CT molecular complexity index is 1700. The van der Waals surface area contributed by atoms with E-state index in [-0.39, 0.29) is 0 Å². The van der Waals surface area contributed by atoms with E-state index in [2.05, 4.69) is 32.4 Å². The number of benzene rings is 2. The fourth-order valence-corrected chi connectivity index (χ4v) is 4.81. The number of nitrogens with zero attached hydrogens (tertiary/aromatic N) is 9. The third kappa shape index (κ3) is 3.22. The number of hydrogen-bond donors (Lipinski definition) is 1. The summed E-state index contributed by atoms with van der Waals surface area (Å²) in [6, 6.07) is 13.5. The smallest absolute Gasteiger partial charge is 0.274 e. The SMILES string of the molecule is CCc1nccn1C(N)(c1ccc2c(c1)c(-c1cccc(Cl)c1)nc1nnnn12)c1cncn1C. The van der Waals surface area contributed by atoms with Crippen LogP contribution in [0.1, 0.15) is 24.0 Å². The summed E-state index contributed by atoms with van der Waals surface area (Å²) in [5.41, 5.74) is 10.2. The maximum Gasteiger partial charge on any atom is 0.274 e. The van der Waals surface area contributed by atoms with Crippen molar-refractivity contribution in [3.8, 4) is 11.3 Å². The van der Waals surface area contributed by atoms with Crippen molar-refractivity contribution in [2.24, 2.45) is 12.8 Å². The molecule has 0 fully saturated rings. The van der Waals surface area contributed by atoms with Gasteiger partial charge in [0, 0.05) is 41.8 Å². The van der Waals surface area contributed by atoms with E-state index in [0.29, 0.717) is 16.5 Å². The Morgan fingerprint density at radius 1 is 1.14 bits per heavy atom. The van der Waals surface area contributed by atoms with E-state index in [9.17, 15) is 0 Å². The lowest BCUT2D eigenvalue weighted by atomic mass is 9.93. The Hall–Kier alpha value is -4.15. The number of rotatable bonds is 5. The van der Waals surface area contributed by atoms with Gasteiger partial charge in [0.2, 0.25) is 0 Å². The molecule has 0 aliphatic carbocycles. The minimum atomic E-state index is -1.08. The lowest BCUT2D eigenvalue weighted by Crippen LogP contribution is -2.47. The van der Waals surface area contributed by atoms with Gasteiger partial charge in [-0.15, -0.1) is 0 Å². The van der Waals surface area contributed by atoms with Crippen LogP contribution in [-0.4, -0.2) is 44.1 Å². The first-order chi connectivity index (χ1) is 17.0. The van der Waals surface area contributed by atoms with E-state index in [1.54, 1.807) is 23.2 Å². The van der Waals surface area contributed by atoms with Gasteiger partial charge < -0.3 is 9.13 Å². The predicted octanol–water partition coefficient (Wildman–Crippen LogP) is 3.19. The predicted molar refractivity (Wildman–Crippen MR) is 132 cm³/mol. The molecule has 2 N–H and O–H groups in total. The second-order valence-corrected chi connectivity index (χ2v) is 8.75. The summed E-state index contributed by atoms with van der Waals surface area (Å²) < 4.78 is 5.53. The summed E-state index contributed by atoms with van der Waals surface area (Å²) in [6.45, 7) is 2.05. The number of aryl methyl sites for hydroxylation is 2. The number of aromatic nitrogens is 9.